The van der Waals surface area contributed by atoms with Gasteiger partial charge in [0, 0.05) is 59.2 Å². The number of unbranched alkanes of at least 4 members (excludes halogenated alkanes) is 2. The van der Waals surface area contributed by atoms with Crippen LogP contribution in [-0.2, 0) is 0 Å². The van der Waals surface area contributed by atoms with Crippen LogP contribution in [0.2, 0.25) is 0 Å². The highest BCUT2D eigenvalue weighted by Crippen LogP contribution is 2.46. The van der Waals surface area contributed by atoms with Gasteiger partial charge in [0.05, 0.1) is 0 Å². The van der Waals surface area contributed by atoms with Crippen molar-refractivity contribution in [3.63, 3.8) is 0 Å². The molecule has 0 radical (unpaired) electrons. The molecule has 7 rings (SSSR count). The summed E-state index contributed by atoms with van der Waals surface area (Å²) in [5.41, 5.74) is 13.1. The third-order valence-corrected chi connectivity index (χ3v) is 10.9. The molecule has 12 nitrogen and oxygen atoms in total. The van der Waals surface area contributed by atoms with E-state index in [9.17, 15) is 19.2 Å². The molecule has 4 amide bonds. The molecular weight excluding hydrogens is 681 g/mol. The van der Waals surface area contributed by atoms with Gasteiger partial charge in [0.1, 0.15) is 0 Å². The van der Waals surface area contributed by atoms with E-state index in [0.29, 0.717) is 59.2 Å². The van der Waals surface area contributed by atoms with Crippen LogP contribution in [0.5, 0.6) is 0 Å². The number of hydrogen-bond acceptors (Lipinski definition) is 10. The van der Waals surface area contributed by atoms with Crippen LogP contribution in [0.15, 0.2) is 48.5 Å². The monoisotopic (exact) mass is 732 g/mol. The minimum Gasteiger partial charge on any atom is -0.330 e. The van der Waals surface area contributed by atoms with E-state index in [0.717, 1.165) is 110 Å². The van der Waals surface area contributed by atoms with Crippen molar-refractivity contribution >= 4 is 66.7 Å². The lowest BCUT2D eigenvalue weighted by atomic mass is 9.82. The van der Waals surface area contributed by atoms with Crippen molar-refractivity contribution in [2.24, 2.45) is 11.5 Å². The van der Waals surface area contributed by atoms with Crippen LogP contribution in [0, 0.1) is 0 Å². The first kappa shape index (κ1) is 37.7. The fourth-order valence-corrected chi connectivity index (χ4v) is 8.11. The summed E-state index contributed by atoms with van der Waals surface area (Å²) in [5, 5.41) is 20.1. The number of amides is 4. The van der Waals surface area contributed by atoms with Crippen LogP contribution in [0.4, 0.5) is 0 Å². The van der Waals surface area contributed by atoms with Crippen molar-refractivity contribution in [3.05, 3.63) is 70.8 Å². The van der Waals surface area contributed by atoms with Crippen LogP contribution in [0.25, 0.3) is 43.1 Å². The normalized spacial score (nSPS) is 14.3. The molecule has 0 saturated carbocycles. The van der Waals surface area contributed by atoms with E-state index >= 15 is 0 Å². The first-order chi connectivity index (χ1) is 26.5. The molecule has 2 heterocycles. The van der Waals surface area contributed by atoms with E-state index in [1.807, 2.05) is 48.5 Å². The number of benzene rings is 5. The van der Waals surface area contributed by atoms with E-state index in [1.165, 1.54) is 9.80 Å². The number of rotatable bonds is 22. The maximum Gasteiger partial charge on any atom is 0.261 e. The Bertz CT molecular complexity index is 1910. The molecule has 284 valence electrons. The summed E-state index contributed by atoms with van der Waals surface area (Å²) in [6.07, 6.45) is 6.01. The second-order valence-corrected chi connectivity index (χ2v) is 14.4. The zero-order valence-corrected chi connectivity index (χ0v) is 31.0. The Hall–Kier alpha value is -4.56. The third-order valence-electron chi connectivity index (χ3n) is 10.9. The smallest absolute Gasteiger partial charge is 0.261 e. The minimum absolute atomic E-state index is 0.285. The molecule has 2 aliphatic heterocycles. The van der Waals surface area contributed by atoms with Crippen LogP contribution in [0.1, 0.15) is 80.0 Å². The van der Waals surface area contributed by atoms with Gasteiger partial charge in [-0.25, -0.2) is 0 Å². The van der Waals surface area contributed by atoms with Crippen LogP contribution in [0.3, 0.4) is 0 Å². The molecule has 2 aliphatic rings. The maximum absolute atomic E-state index is 13.9. The molecule has 0 fully saturated rings. The van der Waals surface area contributed by atoms with E-state index in [2.05, 4.69) is 21.3 Å². The molecule has 0 spiro atoms. The van der Waals surface area contributed by atoms with Crippen molar-refractivity contribution in [3.8, 4) is 0 Å². The molecule has 0 atom stereocenters. The number of hydrogen-bond donors (Lipinski definition) is 6. The summed E-state index contributed by atoms with van der Waals surface area (Å²) >= 11 is 0. The fourth-order valence-electron chi connectivity index (χ4n) is 8.11. The van der Waals surface area contributed by atoms with Gasteiger partial charge in [-0.1, -0.05) is 24.3 Å². The summed E-state index contributed by atoms with van der Waals surface area (Å²) in [5.74, 6) is -1.17. The van der Waals surface area contributed by atoms with Crippen LogP contribution < -0.4 is 32.7 Å². The van der Waals surface area contributed by atoms with Crippen LogP contribution >= 0.6 is 0 Å². The molecule has 5 aromatic carbocycles. The highest BCUT2D eigenvalue weighted by Gasteiger charge is 2.36. The molecule has 8 N–H and O–H groups in total. The van der Waals surface area contributed by atoms with Crippen molar-refractivity contribution in [2.75, 3.05) is 78.5 Å². The van der Waals surface area contributed by atoms with Gasteiger partial charge in [-0.3, -0.25) is 29.0 Å². The minimum atomic E-state index is -0.292. The molecular formula is C42H52N8O4. The number of fused-ring (bicyclic) bond motifs is 2. The Kier molecular flexibility index (Phi) is 12.1. The summed E-state index contributed by atoms with van der Waals surface area (Å²) < 4.78 is 0. The third kappa shape index (κ3) is 7.17. The van der Waals surface area contributed by atoms with Gasteiger partial charge in [-0.2, -0.15) is 0 Å². The van der Waals surface area contributed by atoms with E-state index < -0.39 is 0 Å². The molecule has 0 unspecified atom stereocenters. The summed E-state index contributed by atoms with van der Waals surface area (Å²) in [7, 11) is 0. The molecule has 0 saturated heterocycles. The Balaban J connectivity index is 1.08. The Morgan fingerprint density at radius 2 is 0.648 bits per heavy atom. The topological polar surface area (TPSA) is 175 Å². The van der Waals surface area contributed by atoms with Crippen molar-refractivity contribution in [1.29, 1.82) is 0 Å². The Morgan fingerprint density at radius 3 is 0.944 bits per heavy atom. The second kappa shape index (κ2) is 17.3. The van der Waals surface area contributed by atoms with Crippen molar-refractivity contribution < 1.29 is 19.2 Å². The summed E-state index contributed by atoms with van der Waals surface area (Å²) in [6, 6.07) is 15.1. The van der Waals surface area contributed by atoms with Crippen molar-refractivity contribution in [1.82, 2.24) is 31.1 Å². The largest absolute Gasteiger partial charge is 0.330 e. The summed E-state index contributed by atoms with van der Waals surface area (Å²) in [4.78, 5) is 58.2. The average molecular weight is 733 g/mol. The quantitative estimate of drug-likeness (QED) is 0.0267. The average Bonchev–Trinajstić information content (AvgIpc) is 3.19. The maximum atomic E-state index is 13.9. The first-order valence-electron chi connectivity index (χ1n) is 19.6. The van der Waals surface area contributed by atoms with E-state index in [-0.39, 0.29) is 36.7 Å². The zero-order chi connectivity index (χ0) is 37.6. The standard InChI is InChI=1S/C42H52N8O4/c43-15-5-21-45-17-1-3-19-47-23-25-49-39(51)31-11-7-27-29-9-13-33-38-34(14-10-30(36(29)38)28-8-12-32(40(49)52)37(31)35(27)28)42(54)50(41(33)53)26-24-48-20-4-2-18-46-22-6-16-44/h7-14,45-48H,1-6,15-26,43-44H2. The number of carbonyl (C=O) groups is 4. The SMILES string of the molecule is NCCCNCCCCNCCN1C(=O)c2ccc3c4ccc5c6c(ccc(c7ccc(c2c37)C1=O)c64)C(=O)N(CCNCCCCNCCCN)C5=O. The zero-order valence-electron chi connectivity index (χ0n) is 31.0. The van der Waals surface area contributed by atoms with Gasteiger partial charge in [-0.05, 0) is 147 Å². The highest BCUT2D eigenvalue weighted by molar-refractivity contribution is 6.41. The first-order valence-corrected chi connectivity index (χ1v) is 19.6. The Morgan fingerprint density at radius 1 is 0.370 bits per heavy atom. The lowest BCUT2D eigenvalue weighted by molar-refractivity contribution is 0.0596. The van der Waals surface area contributed by atoms with Crippen LogP contribution in [-0.4, -0.2) is 112 Å². The molecule has 5 aromatic rings. The lowest BCUT2D eigenvalue weighted by Gasteiger charge is -2.30. The van der Waals surface area contributed by atoms with E-state index in [4.69, 9.17) is 11.5 Å². The molecule has 0 aliphatic carbocycles. The predicted molar refractivity (Wildman–Crippen MR) is 216 cm³/mol. The fraction of sp³-hybridized carbons (Fsp3) is 0.429. The Labute approximate surface area is 315 Å². The van der Waals surface area contributed by atoms with Gasteiger partial charge < -0.3 is 32.7 Å². The van der Waals surface area contributed by atoms with Gasteiger partial charge in [0.15, 0.2) is 0 Å². The summed E-state index contributed by atoms with van der Waals surface area (Å²) in [6.45, 7) is 8.36. The van der Waals surface area contributed by atoms with E-state index in [1.54, 1.807) is 0 Å². The number of nitrogens with two attached hydrogens (primary N) is 2. The molecule has 54 heavy (non-hydrogen) atoms. The number of carbonyl (C=O) groups excluding carboxylic acids is 4. The highest BCUT2D eigenvalue weighted by atomic mass is 16.2. The van der Waals surface area contributed by atoms with Gasteiger partial charge in [-0.15, -0.1) is 0 Å². The lowest BCUT2D eigenvalue weighted by Crippen LogP contribution is -2.44. The number of nitrogens with one attached hydrogen (secondary N) is 4. The second-order valence-electron chi connectivity index (χ2n) is 14.4. The molecule has 0 aromatic heterocycles. The van der Waals surface area contributed by atoms with Gasteiger partial charge in [0.2, 0.25) is 0 Å². The number of imide groups is 2. The van der Waals surface area contributed by atoms with Gasteiger partial charge >= 0.3 is 0 Å². The predicted octanol–water partition coefficient (Wildman–Crippen LogP) is 3.55. The van der Waals surface area contributed by atoms with Gasteiger partial charge in [0.25, 0.3) is 23.6 Å². The molecule has 0 bridgehead atoms. The molecule has 12 heteroatoms. The van der Waals surface area contributed by atoms with Crippen molar-refractivity contribution in [2.45, 2.75) is 38.5 Å². The number of nitrogens with zero attached hydrogens (tertiary/aromatic N) is 2.